The Hall–Kier alpha value is -1.56. The fourth-order valence-electron chi connectivity index (χ4n) is 1.57. The summed E-state index contributed by atoms with van der Waals surface area (Å²) in [5.74, 6) is -0.255. The molecule has 1 rings (SSSR count). The summed E-state index contributed by atoms with van der Waals surface area (Å²) in [6.07, 6.45) is 0.203. The number of hydrogen-bond acceptors (Lipinski definition) is 5. The third kappa shape index (κ3) is 4.55. The minimum atomic E-state index is -3.27. The van der Waals surface area contributed by atoms with Crippen molar-refractivity contribution in [2.75, 3.05) is 24.2 Å². The van der Waals surface area contributed by atoms with Gasteiger partial charge in [0.05, 0.1) is 29.4 Å². The van der Waals surface area contributed by atoms with Gasteiger partial charge >= 0.3 is 5.97 Å². The van der Waals surface area contributed by atoms with E-state index < -0.39 is 9.84 Å². The van der Waals surface area contributed by atoms with Crippen LogP contribution in [-0.4, -0.2) is 33.3 Å². The molecule has 19 heavy (non-hydrogen) atoms. The first-order chi connectivity index (χ1) is 9.01. The molecule has 6 heteroatoms. The predicted molar refractivity (Wildman–Crippen MR) is 73.9 cm³/mol. The van der Waals surface area contributed by atoms with Gasteiger partial charge in [0, 0.05) is 6.54 Å². The summed E-state index contributed by atoms with van der Waals surface area (Å²) < 4.78 is 28.6. The molecular formula is C13H19NO4S. The van der Waals surface area contributed by atoms with Gasteiger partial charge in [-0.2, -0.15) is 0 Å². The van der Waals surface area contributed by atoms with Crippen LogP contribution in [0.1, 0.15) is 20.3 Å². The highest BCUT2D eigenvalue weighted by atomic mass is 32.2. The lowest BCUT2D eigenvalue weighted by Gasteiger charge is -2.11. The fraction of sp³-hybridized carbons (Fsp3) is 0.462. The molecule has 0 fully saturated rings. The molecule has 0 aliphatic rings. The number of hydrogen-bond donors (Lipinski definition) is 1. The zero-order valence-electron chi connectivity index (χ0n) is 11.2. The lowest BCUT2D eigenvalue weighted by Crippen LogP contribution is -2.14. The van der Waals surface area contributed by atoms with Crippen LogP contribution in [0.25, 0.3) is 0 Å². The molecule has 5 nitrogen and oxygen atoms in total. The molecule has 0 saturated heterocycles. The number of esters is 1. The van der Waals surface area contributed by atoms with Crippen LogP contribution < -0.4 is 5.32 Å². The van der Waals surface area contributed by atoms with Crippen LogP contribution >= 0.6 is 0 Å². The van der Waals surface area contributed by atoms with Crippen molar-refractivity contribution in [2.45, 2.75) is 25.2 Å². The molecular weight excluding hydrogens is 266 g/mol. The molecule has 106 valence electrons. The van der Waals surface area contributed by atoms with Crippen molar-refractivity contribution >= 4 is 21.5 Å². The largest absolute Gasteiger partial charge is 0.466 e. The van der Waals surface area contributed by atoms with Crippen LogP contribution in [0, 0.1) is 0 Å². The van der Waals surface area contributed by atoms with Crippen LogP contribution in [0.4, 0.5) is 5.69 Å². The first-order valence-electron chi connectivity index (χ1n) is 6.22. The molecule has 0 heterocycles. The summed E-state index contributed by atoms with van der Waals surface area (Å²) in [6.45, 7) is 4.04. The van der Waals surface area contributed by atoms with Crippen LogP contribution in [0.15, 0.2) is 29.2 Å². The van der Waals surface area contributed by atoms with Gasteiger partial charge in [-0.05, 0) is 19.1 Å². The van der Waals surface area contributed by atoms with Crippen LogP contribution in [-0.2, 0) is 19.4 Å². The number of sulfone groups is 1. The van der Waals surface area contributed by atoms with E-state index in [1.165, 1.54) is 0 Å². The molecule has 0 spiro atoms. The molecule has 0 aromatic heterocycles. The maximum Gasteiger partial charge on any atom is 0.307 e. The molecule has 0 aliphatic heterocycles. The number of carbonyl (C=O) groups excluding carboxylic acids is 1. The standard InChI is InChI=1S/C13H19NO4S/c1-3-18-13(15)9-10-14-11-7-5-6-8-12(11)19(16,17)4-2/h5-8,14H,3-4,9-10H2,1-2H3. The van der Waals surface area contributed by atoms with E-state index in [1.807, 2.05) is 0 Å². The van der Waals surface area contributed by atoms with Crippen molar-refractivity contribution in [3.05, 3.63) is 24.3 Å². The van der Waals surface area contributed by atoms with E-state index >= 15 is 0 Å². The lowest BCUT2D eigenvalue weighted by molar-refractivity contribution is -0.142. The Morgan fingerprint density at radius 1 is 1.26 bits per heavy atom. The second-order valence-electron chi connectivity index (χ2n) is 3.88. The van der Waals surface area contributed by atoms with E-state index in [1.54, 1.807) is 38.1 Å². The van der Waals surface area contributed by atoms with Crippen molar-refractivity contribution in [2.24, 2.45) is 0 Å². The predicted octanol–water partition coefficient (Wildman–Crippen LogP) is 1.85. The summed E-state index contributed by atoms with van der Waals surface area (Å²) >= 11 is 0. The molecule has 0 atom stereocenters. The number of para-hydroxylation sites is 1. The maximum absolute atomic E-state index is 11.9. The van der Waals surface area contributed by atoms with Gasteiger partial charge in [0.2, 0.25) is 0 Å². The smallest absolute Gasteiger partial charge is 0.307 e. The Morgan fingerprint density at radius 3 is 2.58 bits per heavy atom. The lowest BCUT2D eigenvalue weighted by atomic mass is 10.3. The number of nitrogens with one attached hydrogen (secondary N) is 1. The topological polar surface area (TPSA) is 72.5 Å². The number of ether oxygens (including phenoxy) is 1. The van der Waals surface area contributed by atoms with E-state index in [-0.39, 0.29) is 23.0 Å². The van der Waals surface area contributed by atoms with Crippen molar-refractivity contribution in [3.8, 4) is 0 Å². The average Bonchev–Trinajstić information content (AvgIpc) is 2.39. The second-order valence-corrected chi connectivity index (χ2v) is 6.13. The zero-order valence-corrected chi connectivity index (χ0v) is 12.0. The van der Waals surface area contributed by atoms with Crippen molar-refractivity contribution in [3.63, 3.8) is 0 Å². The summed E-state index contributed by atoms with van der Waals surface area (Å²) in [4.78, 5) is 11.5. The SMILES string of the molecule is CCOC(=O)CCNc1ccccc1S(=O)(=O)CC. The molecule has 1 N–H and O–H groups in total. The number of benzene rings is 1. The minimum absolute atomic E-state index is 0.0452. The van der Waals surface area contributed by atoms with Crippen molar-refractivity contribution < 1.29 is 17.9 Å². The fourth-order valence-corrected chi connectivity index (χ4v) is 2.64. The van der Waals surface area contributed by atoms with Gasteiger partial charge in [-0.3, -0.25) is 4.79 Å². The summed E-state index contributed by atoms with van der Waals surface area (Å²) in [5.41, 5.74) is 0.522. The normalized spacial score (nSPS) is 11.1. The number of carbonyl (C=O) groups is 1. The number of anilines is 1. The summed E-state index contributed by atoms with van der Waals surface area (Å²) in [5, 5.41) is 2.96. The van der Waals surface area contributed by atoms with Gasteiger partial charge in [-0.25, -0.2) is 8.42 Å². The molecule has 0 unspecified atom stereocenters. The van der Waals surface area contributed by atoms with Gasteiger partial charge in [0.15, 0.2) is 9.84 Å². The van der Waals surface area contributed by atoms with Gasteiger partial charge < -0.3 is 10.1 Å². The Labute approximate surface area is 113 Å². The highest BCUT2D eigenvalue weighted by Crippen LogP contribution is 2.21. The van der Waals surface area contributed by atoms with Crippen LogP contribution in [0.2, 0.25) is 0 Å². The first-order valence-corrected chi connectivity index (χ1v) is 7.87. The Balaban J connectivity index is 2.72. The Bertz CT molecular complexity index is 525. The monoisotopic (exact) mass is 285 g/mol. The average molecular weight is 285 g/mol. The van der Waals surface area contributed by atoms with E-state index in [2.05, 4.69) is 5.32 Å². The highest BCUT2D eigenvalue weighted by Gasteiger charge is 2.15. The third-order valence-electron chi connectivity index (χ3n) is 2.55. The molecule has 0 aliphatic carbocycles. The quantitative estimate of drug-likeness (QED) is 0.774. The number of rotatable bonds is 7. The van der Waals surface area contributed by atoms with E-state index in [9.17, 15) is 13.2 Å². The summed E-state index contributed by atoms with van der Waals surface area (Å²) in [6, 6.07) is 6.68. The molecule has 1 aromatic carbocycles. The van der Waals surface area contributed by atoms with Crippen molar-refractivity contribution in [1.82, 2.24) is 0 Å². The molecule has 0 amide bonds. The second kappa shape index (κ2) is 7.13. The molecule has 0 saturated carbocycles. The van der Waals surface area contributed by atoms with Gasteiger partial charge in [0.25, 0.3) is 0 Å². The Kier molecular flexibility index (Phi) is 5.82. The third-order valence-corrected chi connectivity index (χ3v) is 4.34. The van der Waals surface area contributed by atoms with Gasteiger partial charge in [-0.15, -0.1) is 0 Å². The zero-order chi connectivity index (χ0) is 14.3. The Morgan fingerprint density at radius 2 is 1.95 bits per heavy atom. The van der Waals surface area contributed by atoms with Crippen molar-refractivity contribution in [1.29, 1.82) is 0 Å². The van der Waals surface area contributed by atoms with E-state index in [4.69, 9.17) is 4.74 Å². The van der Waals surface area contributed by atoms with Crippen LogP contribution in [0.3, 0.4) is 0 Å². The van der Waals surface area contributed by atoms with Crippen LogP contribution in [0.5, 0.6) is 0 Å². The molecule has 0 radical (unpaired) electrons. The highest BCUT2D eigenvalue weighted by molar-refractivity contribution is 7.91. The van der Waals surface area contributed by atoms with Gasteiger partial charge in [-0.1, -0.05) is 19.1 Å². The molecule has 1 aromatic rings. The summed E-state index contributed by atoms with van der Waals surface area (Å²) in [7, 11) is -3.27. The maximum atomic E-state index is 11.9. The minimum Gasteiger partial charge on any atom is -0.466 e. The first kappa shape index (κ1) is 15.5. The molecule has 0 bridgehead atoms. The van der Waals surface area contributed by atoms with Gasteiger partial charge in [0.1, 0.15) is 0 Å². The van der Waals surface area contributed by atoms with E-state index in [0.717, 1.165) is 0 Å². The van der Waals surface area contributed by atoms with E-state index in [0.29, 0.717) is 18.8 Å².